The number of nitriles is 1. The van der Waals surface area contributed by atoms with Crippen molar-refractivity contribution in [3.8, 4) is 6.07 Å². The largest absolute Gasteiger partial charge is 0.465 e. The summed E-state index contributed by atoms with van der Waals surface area (Å²) in [5, 5.41) is 11.7. The molecule has 1 saturated carbocycles. The van der Waals surface area contributed by atoms with Crippen molar-refractivity contribution in [1.29, 1.82) is 5.26 Å². The summed E-state index contributed by atoms with van der Waals surface area (Å²) in [7, 11) is 0. The first kappa shape index (κ1) is 10.7. The highest BCUT2D eigenvalue weighted by atomic mass is 16.3. The van der Waals surface area contributed by atoms with Gasteiger partial charge in [-0.3, -0.25) is 4.79 Å². The van der Waals surface area contributed by atoms with E-state index in [2.05, 4.69) is 11.4 Å². The Balaban J connectivity index is 1.91. The highest BCUT2D eigenvalue weighted by Crippen LogP contribution is 2.40. The van der Waals surface area contributed by atoms with E-state index in [0.717, 1.165) is 17.9 Å². The van der Waals surface area contributed by atoms with Gasteiger partial charge in [-0.05, 0) is 38.3 Å². The van der Waals surface area contributed by atoms with Crippen molar-refractivity contribution in [1.82, 2.24) is 5.32 Å². The lowest BCUT2D eigenvalue weighted by Gasteiger charge is -2.33. The smallest absolute Gasteiger partial charge is 0.240 e. The molecule has 0 atom stereocenters. The Morgan fingerprint density at radius 2 is 2.38 bits per heavy atom. The maximum Gasteiger partial charge on any atom is 0.240 e. The number of amides is 1. The van der Waals surface area contributed by atoms with Crippen LogP contribution in [-0.4, -0.2) is 5.91 Å². The number of hydrogen-bond acceptors (Lipinski definition) is 3. The van der Waals surface area contributed by atoms with E-state index < -0.39 is 5.41 Å². The van der Waals surface area contributed by atoms with Crippen LogP contribution in [0, 0.1) is 23.7 Å². The van der Waals surface area contributed by atoms with E-state index in [4.69, 9.17) is 9.68 Å². The van der Waals surface area contributed by atoms with Gasteiger partial charge in [-0.1, -0.05) is 0 Å². The Bertz CT molecular complexity index is 438. The van der Waals surface area contributed by atoms with Gasteiger partial charge in [-0.25, -0.2) is 0 Å². The Morgan fingerprint density at radius 1 is 1.62 bits per heavy atom. The highest BCUT2D eigenvalue weighted by Gasteiger charge is 2.44. The zero-order chi connectivity index (χ0) is 11.6. The first-order valence-corrected chi connectivity index (χ1v) is 5.41. The van der Waals surface area contributed by atoms with Crippen molar-refractivity contribution in [2.75, 3.05) is 0 Å². The predicted molar refractivity (Wildman–Crippen MR) is 57.2 cm³/mol. The van der Waals surface area contributed by atoms with Crippen LogP contribution in [0.15, 0.2) is 16.5 Å². The van der Waals surface area contributed by atoms with Gasteiger partial charge in [0.1, 0.15) is 16.9 Å². The summed E-state index contributed by atoms with van der Waals surface area (Å²) in [5.41, 5.74) is -0.776. The van der Waals surface area contributed by atoms with Crippen molar-refractivity contribution in [2.45, 2.75) is 32.7 Å². The molecule has 1 amide bonds. The first-order chi connectivity index (χ1) is 7.66. The van der Waals surface area contributed by atoms with Crippen molar-refractivity contribution in [3.05, 3.63) is 23.7 Å². The van der Waals surface area contributed by atoms with Gasteiger partial charge in [0.25, 0.3) is 0 Å². The molecule has 1 N–H and O–H groups in total. The summed E-state index contributed by atoms with van der Waals surface area (Å²) in [4.78, 5) is 11.8. The molecule has 16 heavy (non-hydrogen) atoms. The minimum absolute atomic E-state index is 0.171. The monoisotopic (exact) mass is 218 g/mol. The topological polar surface area (TPSA) is 66.0 Å². The number of carbonyl (C=O) groups is 1. The maximum atomic E-state index is 11.8. The summed E-state index contributed by atoms with van der Waals surface area (Å²) in [6.07, 6.45) is 2.31. The maximum absolute atomic E-state index is 11.8. The van der Waals surface area contributed by atoms with Crippen LogP contribution in [0.1, 0.15) is 30.8 Å². The lowest BCUT2D eigenvalue weighted by Crippen LogP contribution is -2.44. The molecule has 0 saturated heterocycles. The number of aryl methyl sites for hydroxylation is 1. The van der Waals surface area contributed by atoms with E-state index in [9.17, 15) is 4.79 Å². The molecule has 1 aliphatic carbocycles. The average Bonchev–Trinajstić information content (AvgIpc) is 2.60. The molecular formula is C12H14N2O2. The fourth-order valence-corrected chi connectivity index (χ4v) is 1.84. The lowest BCUT2D eigenvalue weighted by atomic mass is 9.69. The van der Waals surface area contributed by atoms with E-state index in [1.165, 1.54) is 0 Å². The second-order valence-corrected chi connectivity index (χ2v) is 4.24. The summed E-state index contributed by atoms with van der Waals surface area (Å²) in [6, 6.07) is 5.79. The Hall–Kier alpha value is -1.76. The molecule has 0 bridgehead atoms. The van der Waals surface area contributed by atoms with Crippen LogP contribution >= 0.6 is 0 Å². The van der Waals surface area contributed by atoms with Crippen molar-refractivity contribution in [3.63, 3.8) is 0 Å². The van der Waals surface area contributed by atoms with Crippen LogP contribution < -0.4 is 5.32 Å². The number of carbonyl (C=O) groups excluding carboxylic acids is 1. The normalized spacial score (nSPS) is 17.2. The Labute approximate surface area is 94.2 Å². The molecular weight excluding hydrogens is 204 g/mol. The second-order valence-electron chi connectivity index (χ2n) is 4.24. The van der Waals surface area contributed by atoms with E-state index in [1.54, 1.807) is 0 Å². The third-order valence-electron chi connectivity index (χ3n) is 3.07. The highest BCUT2D eigenvalue weighted by molar-refractivity contribution is 5.86. The minimum atomic E-state index is -0.776. The summed E-state index contributed by atoms with van der Waals surface area (Å²) < 4.78 is 5.33. The molecule has 4 nitrogen and oxygen atoms in total. The van der Waals surface area contributed by atoms with E-state index in [1.807, 2.05) is 19.1 Å². The van der Waals surface area contributed by atoms with Gasteiger partial charge in [0.2, 0.25) is 5.91 Å². The SMILES string of the molecule is Cc1ccc(CNC(=O)C2(C#N)CCC2)o1. The van der Waals surface area contributed by atoms with Crippen LogP contribution in [0.25, 0.3) is 0 Å². The zero-order valence-corrected chi connectivity index (χ0v) is 9.25. The Kier molecular flexibility index (Phi) is 2.69. The third-order valence-corrected chi connectivity index (χ3v) is 3.07. The summed E-state index contributed by atoms with van der Waals surface area (Å²) in [6.45, 7) is 2.21. The number of nitrogens with one attached hydrogen (secondary N) is 1. The van der Waals surface area contributed by atoms with Crippen molar-refractivity contribution < 1.29 is 9.21 Å². The fraction of sp³-hybridized carbons (Fsp3) is 0.500. The molecule has 1 aromatic heterocycles. The molecule has 84 valence electrons. The van der Waals surface area contributed by atoms with Crippen LogP contribution in [0.5, 0.6) is 0 Å². The van der Waals surface area contributed by atoms with Crippen molar-refractivity contribution >= 4 is 5.91 Å². The zero-order valence-electron chi connectivity index (χ0n) is 9.25. The summed E-state index contributed by atoms with van der Waals surface area (Å²) >= 11 is 0. The van der Waals surface area contributed by atoms with Gasteiger partial charge in [0.15, 0.2) is 0 Å². The summed E-state index contributed by atoms with van der Waals surface area (Å²) in [5.74, 6) is 1.37. The van der Waals surface area contributed by atoms with Gasteiger partial charge < -0.3 is 9.73 Å². The molecule has 1 heterocycles. The molecule has 0 unspecified atom stereocenters. The molecule has 1 fully saturated rings. The average molecular weight is 218 g/mol. The van der Waals surface area contributed by atoms with Gasteiger partial charge in [-0.15, -0.1) is 0 Å². The predicted octanol–water partition coefficient (Wildman–Crippen LogP) is 1.90. The van der Waals surface area contributed by atoms with Gasteiger partial charge in [-0.2, -0.15) is 5.26 Å². The van der Waals surface area contributed by atoms with E-state index >= 15 is 0 Å². The lowest BCUT2D eigenvalue weighted by molar-refractivity contribution is -0.132. The minimum Gasteiger partial charge on any atom is -0.465 e. The number of hydrogen-bond donors (Lipinski definition) is 1. The van der Waals surface area contributed by atoms with Crippen LogP contribution in [0.4, 0.5) is 0 Å². The first-order valence-electron chi connectivity index (χ1n) is 5.41. The Morgan fingerprint density at radius 3 is 2.81 bits per heavy atom. The quantitative estimate of drug-likeness (QED) is 0.842. The molecule has 2 rings (SSSR count). The van der Waals surface area contributed by atoms with Gasteiger partial charge in [0, 0.05) is 0 Å². The number of rotatable bonds is 3. The van der Waals surface area contributed by atoms with E-state index in [0.29, 0.717) is 19.4 Å². The molecule has 1 aliphatic rings. The number of furan rings is 1. The third kappa shape index (κ3) is 1.81. The van der Waals surface area contributed by atoms with Crippen LogP contribution in [0.2, 0.25) is 0 Å². The van der Waals surface area contributed by atoms with Crippen molar-refractivity contribution in [2.24, 2.45) is 5.41 Å². The number of nitrogens with zero attached hydrogens (tertiary/aromatic N) is 1. The van der Waals surface area contributed by atoms with Crippen LogP contribution in [-0.2, 0) is 11.3 Å². The molecule has 4 heteroatoms. The second kappa shape index (κ2) is 4.01. The standard InChI is InChI=1S/C12H14N2O2/c1-9-3-4-10(16-9)7-14-11(15)12(8-13)5-2-6-12/h3-4H,2,5-7H2,1H3,(H,14,15). The van der Waals surface area contributed by atoms with Crippen LogP contribution in [0.3, 0.4) is 0 Å². The molecule has 0 aliphatic heterocycles. The molecule has 0 radical (unpaired) electrons. The van der Waals surface area contributed by atoms with E-state index in [-0.39, 0.29) is 5.91 Å². The van der Waals surface area contributed by atoms with Gasteiger partial charge in [0.05, 0.1) is 12.6 Å². The van der Waals surface area contributed by atoms with Gasteiger partial charge >= 0.3 is 0 Å². The molecule has 0 aromatic carbocycles. The molecule has 0 spiro atoms. The fourth-order valence-electron chi connectivity index (χ4n) is 1.84. The molecule has 1 aromatic rings.